The largest absolute Gasteiger partial charge is 0.283 e. The van der Waals surface area contributed by atoms with Gasteiger partial charge in [0.05, 0.1) is 16.6 Å². The van der Waals surface area contributed by atoms with E-state index in [0.717, 1.165) is 9.47 Å². The van der Waals surface area contributed by atoms with Crippen LogP contribution in [-0.2, 0) is 10.0 Å². The van der Waals surface area contributed by atoms with Crippen LogP contribution in [0, 0.1) is 0 Å². The maximum atomic E-state index is 12.5. The van der Waals surface area contributed by atoms with Crippen LogP contribution in [0.15, 0.2) is 59.6 Å². The van der Waals surface area contributed by atoms with Crippen LogP contribution in [0.1, 0.15) is 0 Å². The van der Waals surface area contributed by atoms with E-state index in [1.807, 2.05) is 12.1 Å². The maximum Gasteiger partial charge on any atom is 0.283 e. The van der Waals surface area contributed by atoms with Crippen molar-refractivity contribution in [2.75, 3.05) is 0 Å². The number of halogens is 1. The number of aromatic nitrogens is 2. The van der Waals surface area contributed by atoms with Gasteiger partial charge in [-0.15, -0.1) is 0 Å². The Kier molecular flexibility index (Phi) is 2.80. The van der Waals surface area contributed by atoms with Crippen molar-refractivity contribution in [2.45, 2.75) is 4.90 Å². The average molecular weight is 293 g/mol. The molecule has 6 heteroatoms. The Bertz CT molecular complexity index is 838. The molecule has 0 amide bonds. The second kappa shape index (κ2) is 4.36. The molecule has 0 spiro atoms. The van der Waals surface area contributed by atoms with Gasteiger partial charge in [-0.05, 0) is 30.3 Å². The van der Waals surface area contributed by atoms with E-state index in [2.05, 4.69) is 5.10 Å². The van der Waals surface area contributed by atoms with Crippen molar-refractivity contribution in [3.8, 4) is 0 Å². The molecule has 0 fully saturated rings. The quantitative estimate of drug-likeness (QED) is 0.730. The lowest BCUT2D eigenvalue weighted by Crippen LogP contribution is -2.14. The van der Waals surface area contributed by atoms with Gasteiger partial charge in [-0.2, -0.15) is 17.6 Å². The molecule has 4 nitrogen and oxygen atoms in total. The standard InChI is InChI=1S/C13H9ClN2O2S/c14-11-5-7-12(8-6-11)19(17,18)16-13-4-2-1-3-10(13)9-15-16/h1-9H. The fraction of sp³-hybridized carbons (Fsp3) is 0. The molecule has 19 heavy (non-hydrogen) atoms. The fourth-order valence-electron chi connectivity index (χ4n) is 1.85. The van der Waals surface area contributed by atoms with E-state index >= 15 is 0 Å². The lowest BCUT2D eigenvalue weighted by Gasteiger charge is -2.05. The van der Waals surface area contributed by atoms with Crippen LogP contribution < -0.4 is 0 Å². The SMILES string of the molecule is O=S(=O)(c1ccc(Cl)cc1)n1ncc2ccccc21. The summed E-state index contributed by atoms with van der Waals surface area (Å²) in [6, 6.07) is 13.2. The second-order valence-corrected chi connectivity index (χ2v) is 6.21. The Morgan fingerprint density at radius 3 is 2.42 bits per heavy atom. The van der Waals surface area contributed by atoms with Crippen LogP contribution in [-0.4, -0.2) is 17.6 Å². The molecule has 0 saturated carbocycles. The minimum Gasteiger partial charge on any atom is -0.199 e. The summed E-state index contributed by atoms with van der Waals surface area (Å²) in [5, 5.41) is 5.23. The number of hydrogen-bond donors (Lipinski definition) is 0. The first-order valence-electron chi connectivity index (χ1n) is 5.53. The van der Waals surface area contributed by atoms with Crippen LogP contribution in [0.2, 0.25) is 5.02 Å². The van der Waals surface area contributed by atoms with Crippen molar-refractivity contribution in [3.05, 3.63) is 59.8 Å². The van der Waals surface area contributed by atoms with E-state index in [-0.39, 0.29) is 4.90 Å². The highest BCUT2D eigenvalue weighted by Gasteiger charge is 2.19. The molecule has 0 aliphatic heterocycles. The molecule has 0 aliphatic rings. The van der Waals surface area contributed by atoms with E-state index in [1.165, 1.54) is 18.3 Å². The minimum atomic E-state index is -3.69. The molecule has 0 radical (unpaired) electrons. The van der Waals surface area contributed by atoms with Gasteiger partial charge in [-0.3, -0.25) is 0 Å². The molecule has 0 saturated heterocycles. The Hall–Kier alpha value is -1.85. The molecule has 1 heterocycles. The molecule has 1 aromatic heterocycles. The van der Waals surface area contributed by atoms with E-state index in [1.54, 1.807) is 24.3 Å². The number of para-hydroxylation sites is 1. The Morgan fingerprint density at radius 1 is 1.00 bits per heavy atom. The zero-order valence-corrected chi connectivity index (χ0v) is 11.3. The van der Waals surface area contributed by atoms with E-state index < -0.39 is 10.0 Å². The van der Waals surface area contributed by atoms with Gasteiger partial charge in [-0.1, -0.05) is 29.8 Å². The van der Waals surface area contributed by atoms with Crippen molar-refractivity contribution in [1.29, 1.82) is 0 Å². The van der Waals surface area contributed by atoms with Crippen molar-refractivity contribution >= 4 is 32.5 Å². The van der Waals surface area contributed by atoms with Gasteiger partial charge in [-0.25, -0.2) is 0 Å². The highest BCUT2D eigenvalue weighted by Crippen LogP contribution is 2.21. The molecular formula is C13H9ClN2O2S. The molecule has 0 atom stereocenters. The van der Waals surface area contributed by atoms with Gasteiger partial charge in [0, 0.05) is 10.4 Å². The summed E-state index contributed by atoms with van der Waals surface area (Å²) in [5.74, 6) is 0. The molecule has 0 aliphatic carbocycles. The minimum absolute atomic E-state index is 0.158. The Labute approximate surface area is 115 Å². The fourth-order valence-corrected chi connectivity index (χ4v) is 3.25. The third-order valence-electron chi connectivity index (χ3n) is 2.78. The first-order chi connectivity index (χ1) is 9.09. The maximum absolute atomic E-state index is 12.5. The third kappa shape index (κ3) is 2.01. The normalized spacial score (nSPS) is 11.8. The molecular weight excluding hydrogens is 284 g/mol. The molecule has 0 bridgehead atoms. The summed E-state index contributed by atoms with van der Waals surface area (Å²) in [6.07, 6.45) is 1.53. The number of rotatable bonds is 2. The van der Waals surface area contributed by atoms with Gasteiger partial charge in [0.2, 0.25) is 0 Å². The zero-order chi connectivity index (χ0) is 13.5. The predicted molar refractivity (Wildman–Crippen MR) is 73.8 cm³/mol. The van der Waals surface area contributed by atoms with Gasteiger partial charge in [0.25, 0.3) is 10.0 Å². The van der Waals surface area contributed by atoms with Crippen LogP contribution >= 0.6 is 11.6 Å². The van der Waals surface area contributed by atoms with Gasteiger partial charge >= 0.3 is 0 Å². The summed E-state index contributed by atoms with van der Waals surface area (Å²) >= 11 is 5.76. The Balaban J connectivity index is 2.22. The second-order valence-electron chi connectivity index (χ2n) is 4.01. The van der Waals surface area contributed by atoms with Crippen molar-refractivity contribution in [3.63, 3.8) is 0 Å². The van der Waals surface area contributed by atoms with Crippen molar-refractivity contribution in [2.24, 2.45) is 0 Å². The van der Waals surface area contributed by atoms with Crippen LogP contribution in [0.25, 0.3) is 10.9 Å². The number of fused-ring (bicyclic) bond motifs is 1. The predicted octanol–water partition coefficient (Wildman–Crippen LogP) is 2.93. The molecule has 3 aromatic rings. The first-order valence-corrected chi connectivity index (χ1v) is 7.35. The summed E-state index contributed by atoms with van der Waals surface area (Å²) in [5.41, 5.74) is 0.553. The first kappa shape index (κ1) is 12.2. The molecule has 2 aromatic carbocycles. The van der Waals surface area contributed by atoms with E-state index in [4.69, 9.17) is 11.6 Å². The number of benzene rings is 2. The lowest BCUT2D eigenvalue weighted by atomic mass is 10.3. The summed E-state index contributed by atoms with van der Waals surface area (Å²) in [6.45, 7) is 0. The van der Waals surface area contributed by atoms with Crippen LogP contribution in [0.3, 0.4) is 0 Å². The molecule has 0 N–H and O–H groups in total. The summed E-state index contributed by atoms with van der Waals surface area (Å²) in [4.78, 5) is 0.158. The van der Waals surface area contributed by atoms with Crippen LogP contribution in [0.4, 0.5) is 0 Å². The number of hydrogen-bond acceptors (Lipinski definition) is 3. The highest BCUT2D eigenvalue weighted by atomic mass is 35.5. The smallest absolute Gasteiger partial charge is 0.199 e. The lowest BCUT2D eigenvalue weighted by molar-refractivity contribution is 0.582. The zero-order valence-electron chi connectivity index (χ0n) is 9.69. The molecule has 3 rings (SSSR count). The topological polar surface area (TPSA) is 52.0 Å². The van der Waals surface area contributed by atoms with Crippen molar-refractivity contribution < 1.29 is 8.42 Å². The highest BCUT2D eigenvalue weighted by molar-refractivity contribution is 7.90. The molecule has 0 unspecified atom stereocenters. The molecule has 96 valence electrons. The van der Waals surface area contributed by atoms with Crippen molar-refractivity contribution in [1.82, 2.24) is 9.19 Å². The number of nitrogens with zero attached hydrogens (tertiary/aromatic N) is 2. The van der Waals surface area contributed by atoms with Gasteiger partial charge in [0.1, 0.15) is 0 Å². The third-order valence-corrected chi connectivity index (χ3v) is 4.65. The average Bonchev–Trinajstić information content (AvgIpc) is 2.83. The van der Waals surface area contributed by atoms with Crippen LogP contribution in [0.5, 0.6) is 0 Å². The summed E-state index contributed by atoms with van der Waals surface area (Å²) in [7, 11) is -3.69. The Morgan fingerprint density at radius 2 is 1.68 bits per heavy atom. The van der Waals surface area contributed by atoms with E-state index in [0.29, 0.717) is 10.5 Å². The monoisotopic (exact) mass is 292 g/mol. The van der Waals surface area contributed by atoms with Gasteiger partial charge < -0.3 is 0 Å². The summed E-state index contributed by atoms with van der Waals surface area (Å²) < 4.78 is 26.0. The van der Waals surface area contributed by atoms with E-state index in [9.17, 15) is 8.42 Å². The van der Waals surface area contributed by atoms with Gasteiger partial charge in [0.15, 0.2) is 0 Å².